The minimum absolute atomic E-state index is 0.0777. The fourth-order valence-corrected chi connectivity index (χ4v) is 2.80. The Morgan fingerprint density at radius 1 is 1.26 bits per heavy atom. The molecule has 1 aromatic heterocycles. The fraction of sp³-hybridized carbons (Fsp3) is 0.176. The van der Waals surface area contributed by atoms with Crippen LogP contribution in [0, 0.1) is 0 Å². The molecule has 0 atom stereocenters. The Morgan fingerprint density at radius 2 is 2.09 bits per heavy atom. The van der Waals surface area contributed by atoms with E-state index in [2.05, 4.69) is 21.1 Å². The first-order valence-electron chi connectivity index (χ1n) is 6.98. The molecule has 1 heterocycles. The van der Waals surface area contributed by atoms with Crippen molar-refractivity contribution in [3.05, 3.63) is 58.2 Å². The largest absolute Gasteiger partial charge is 0.496 e. The van der Waals surface area contributed by atoms with E-state index in [-0.39, 0.29) is 19.0 Å². The molecule has 0 amide bonds. The van der Waals surface area contributed by atoms with Gasteiger partial charge in [0.15, 0.2) is 5.58 Å². The van der Waals surface area contributed by atoms with Gasteiger partial charge in [-0.2, -0.15) is 0 Å². The molecule has 0 N–H and O–H groups in total. The summed E-state index contributed by atoms with van der Waals surface area (Å²) in [4.78, 5) is 12.0. The van der Waals surface area contributed by atoms with Gasteiger partial charge in [-0.15, -0.1) is 0 Å². The molecule has 0 saturated heterocycles. The van der Waals surface area contributed by atoms with Crippen LogP contribution in [0.2, 0.25) is 0 Å². The molecule has 3 rings (SSSR count). The van der Waals surface area contributed by atoms with Crippen LogP contribution < -0.4 is 4.74 Å². The number of nitrogens with zero attached hydrogens (tertiary/aromatic N) is 1. The van der Waals surface area contributed by atoms with Crippen molar-refractivity contribution in [3.63, 3.8) is 0 Å². The Kier molecular flexibility index (Phi) is 4.62. The van der Waals surface area contributed by atoms with E-state index in [4.69, 9.17) is 14.0 Å². The first kappa shape index (κ1) is 15.6. The highest BCUT2D eigenvalue weighted by atomic mass is 79.9. The number of halogens is 1. The summed E-state index contributed by atoms with van der Waals surface area (Å²) >= 11 is 3.40. The second-order valence-corrected chi connectivity index (χ2v) is 5.79. The third kappa shape index (κ3) is 3.53. The van der Waals surface area contributed by atoms with Gasteiger partial charge in [0, 0.05) is 5.39 Å². The van der Waals surface area contributed by atoms with Crippen molar-refractivity contribution in [2.24, 2.45) is 0 Å². The minimum Gasteiger partial charge on any atom is -0.496 e. The predicted molar refractivity (Wildman–Crippen MR) is 88.2 cm³/mol. The Labute approximate surface area is 141 Å². The van der Waals surface area contributed by atoms with Crippen LogP contribution in [0.15, 0.2) is 51.5 Å². The number of ether oxygens (including phenoxy) is 2. The Bertz CT molecular complexity index is 843. The standard InChI is InChI=1S/C17H14BrNO4/c1-21-16-7-6-11(8-13(16)18)10-22-17(20)9-14-12-4-2-3-5-15(12)23-19-14/h2-8H,9-10H2,1H3. The molecule has 118 valence electrons. The van der Waals surface area contributed by atoms with E-state index in [9.17, 15) is 4.79 Å². The second kappa shape index (κ2) is 6.83. The van der Waals surface area contributed by atoms with Gasteiger partial charge in [0.05, 0.1) is 18.0 Å². The van der Waals surface area contributed by atoms with Crippen LogP contribution >= 0.6 is 15.9 Å². The Balaban J connectivity index is 1.62. The van der Waals surface area contributed by atoms with Gasteiger partial charge in [-0.25, -0.2) is 0 Å². The lowest BCUT2D eigenvalue weighted by Crippen LogP contribution is -2.08. The van der Waals surface area contributed by atoms with Crippen LogP contribution in [0.25, 0.3) is 11.0 Å². The molecule has 0 unspecified atom stereocenters. The van der Waals surface area contributed by atoms with Crippen molar-refractivity contribution in [1.82, 2.24) is 5.16 Å². The number of esters is 1. The summed E-state index contributed by atoms with van der Waals surface area (Å²) in [6, 6.07) is 12.9. The third-order valence-corrected chi connectivity index (χ3v) is 4.00. The summed E-state index contributed by atoms with van der Waals surface area (Å²) in [6.07, 6.45) is 0.0777. The van der Waals surface area contributed by atoms with Gasteiger partial charge in [0.1, 0.15) is 18.1 Å². The summed E-state index contributed by atoms with van der Waals surface area (Å²) in [5.41, 5.74) is 2.12. The maximum atomic E-state index is 12.0. The molecule has 0 aliphatic rings. The zero-order valence-electron chi connectivity index (χ0n) is 12.4. The number of carbonyl (C=O) groups excluding carboxylic acids is 1. The molecule has 2 aromatic carbocycles. The highest BCUT2D eigenvalue weighted by molar-refractivity contribution is 9.10. The topological polar surface area (TPSA) is 61.6 Å². The van der Waals surface area contributed by atoms with Crippen LogP contribution in [0.5, 0.6) is 5.75 Å². The van der Waals surface area contributed by atoms with Crippen molar-refractivity contribution in [2.75, 3.05) is 7.11 Å². The van der Waals surface area contributed by atoms with E-state index in [1.54, 1.807) is 7.11 Å². The van der Waals surface area contributed by atoms with Gasteiger partial charge < -0.3 is 14.0 Å². The van der Waals surface area contributed by atoms with E-state index in [0.717, 1.165) is 21.2 Å². The quantitative estimate of drug-likeness (QED) is 0.633. The summed E-state index contributed by atoms with van der Waals surface area (Å²) in [5.74, 6) is 0.380. The zero-order valence-corrected chi connectivity index (χ0v) is 14.0. The third-order valence-electron chi connectivity index (χ3n) is 3.38. The molecule has 0 saturated carbocycles. The number of benzene rings is 2. The van der Waals surface area contributed by atoms with E-state index >= 15 is 0 Å². The van der Waals surface area contributed by atoms with E-state index in [1.807, 2.05) is 42.5 Å². The van der Waals surface area contributed by atoms with Crippen LogP contribution in [-0.4, -0.2) is 18.2 Å². The zero-order chi connectivity index (χ0) is 16.2. The predicted octanol–water partition coefficient (Wildman–Crippen LogP) is 3.88. The Hall–Kier alpha value is -2.34. The number of fused-ring (bicyclic) bond motifs is 1. The number of aromatic nitrogens is 1. The first-order chi connectivity index (χ1) is 11.2. The second-order valence-electron chi connectivity index (χ2n) is 4.93. The molecule has 23 heavy (non-hydrogen) atoms. The van der Waals surface area contributed by atoms with Crippen LogP contribution in [-0.2, 0) is 22.6 Å². The van der Waals surface area contributed by atoms with Gasteiger partial charge in [0.2, 0.25) is 0 Å². The normalized spacial score (nSPS) is 10.7. The van der Waals surface area contributed by atoms with Crippen LogP contribution in [0.4, 0.5) is 0 Å². The number of carbonyl (C=O) groups is 1. The monoisotopic (exact) mass is 375 g/mol. The number of hydrogen-bond acceptors (Lipinski definition) is 5. The molecule has 0 bridgehead atoms. The maximum Gasteiger partial charge on any atom is 0.312 e. The summed E-state index contributed by atoms with van der Waals surface area (Å²) in [5, 5.41) is 4.76. The van der Waals surface area contributed by atoms with Gasteiger partial charge in [-0.05, 0) is 45.8 Å². The van der Waals surface area contributed by atoms with Gasteiger partial charge in [-0.3, -0.25) is 4.79 Å². The highest BCUT2D eigenvalue weighted by Crippen LogP contribution is 2.26. The summed E-state index contributed by atoms with van der Waals surface area (Å²) < 4.78 is 16.5. The summed E-state index contributed by atoms with van der Waals surface area (Å²) in [7, 11) is 1.60. The average Bonchev–Trinajstić information content (AvgIpc) is 2.96. The average molecular weight is 376 g/mol. The lowest BCUT2D eigenvalue weighted by Gasteiger charge is -2.07. The lowest BCUT2D eigenvalue weighted by atomic mass is 10.2. The van der Waals surface area contributed by atoms with E-state index in [1.165, 1.54) is 0 Å². The highest BCUT2D eigenvalue weighted by Gasteiger charge is 2.13. The number of rotatable bonds is 5. The molecular formula is C17H14BrNO4. The summed E-state index contributed by atoms with van der Waals surface area (Å²) in [6.45, 7) is 0.192. The first-order valence-corrected chi connectivity index (χ1v) is 7.78. The number of para-hydroxylation sites is 1. The molecule has 5 nitrogen and oxygen atoms in total. The van der Waals surface area contributed by atoms with E-state index in [0.29, 0.717) is 11.3 Å². The number of hydrogen-bond donors (Lipinski definition) is 0. The molecular weight excluding hydrogens is 362 g/mol. The van der Waals surface area contributed by atoms with Gasteiger partial charge in [-0.1, -0.05) is 23.4 Å². The fourth-order valence-electron chi connectivity index (χ4n) is 2.22. The van der Waals surface area contributed by atoms with Gasteiger partial charge in [0.25, 0.3) is 0 Å². The molecule has 0 aliphatic carbocycles. The molecule has 3 aromatic rings. The minimum atomic E-state index is -0.351. The van der Waals surface area contributed by atoms with Crippen LogP contribution in [0.1, 0.15) is 11.3 Å². The van der Waals surface area contributed by atoms with Crippen molar-refractivity contribution in [1.29, 1.82) is 0 Å². The molecule has 0 aliphatic heterocycles. The maximum absolute atomic E-state index is 12.0. The Morgan fingerprint density at radius 3 is 2.87 bits per heavy atom. The molecule has 0 radical (unpaired) electrons. The van der Waals surface area contributed by atoms with E-state index < -0.39 is 0 Å². The van der Waals surface area contributed by atoms with Crippen LogP contribution in [0.3, 0.4) is 0 Å². The smallest absolute Gasteiger partial charge is 0.312 e. The van der Waals surface area contributed by atoms with Crippen molar-refractivity contribution in [3.8, 4) is 5.75 Å². The molecule has 6 heteroatoms. The molecule has 0 spiro atoms. The van der Waals surface area contributed by atoms with Crippen molar-refractivity contribution < 1.29 is 18.8 Å². The molecule has 0 fully saturated rings. The SMILES string of the molecule is COc1ccc(COC(=O)Cc2noc3ccccc23)cc1Br. The van der Waals surface area contributed by atoms with Gasteiger partial charge >= 0.3 is 5.97 Å². The van der Waals surface area contributed by atoms with Crippen molar-refractivity contribution in [2.45, 2.75) is 13.0 Å². The van der Waals surface area contributed by atoms with Crippen molar-refractivity contribution >= 4 is 32.9 Å². The lowest BCUT2D eigenvalue weighted by molar-refractivity contribution is -0.144. The number of methoxy groups -OCH3 is 1.